The number of halogens is 1. The molecule has 17 heteroatoms. The van der Waals surface area contributed by atoms with E-state index in [1.807, 2.05) is 43.3 Å². The number of hydrogen-bond donors (Lipinski definition) is 3. The highest BCUT2D eigenvalue weighted by Gasteiger charge is 2.64. The maximum atomic E-state index is 14.9. The summed E-state index contributed by atoms with van der Waals surface area (Å²) in [6.45, 7) is 10.5. The lowest BCUT2D eigenvalue weighted by molar-refractivity contribution is -0.142. The maximum Gasteiger partial charge on any atom is 0.408 e. The Morgan fingerprint density at radius 2 is 1.80 bits per heavy atom. The number of carbonyl (C=O) groups excluding carboxylic acids is 4. The van der Waals surface area contributed by atoms with Crippen molar-refractivity contribution in [2.75, 3.05) is 44.4 Å². The van der Waals surface area contributed by atoms with Crippen molar-refractivity contribution in [1.82, 2.24) is 25.2 Å². The van der Waals surface area contributed by atoms with Crippen molar-refractivity contribution < 1.29 is 46.2 Å². The van der Waals surface area contributed by atoms with Gasteiger partial charge >= 0.3 is 6.09 Å². The summed E-state index contributed by atoms with van der Waals surface area (Å²) in [5, 5.41) is 7.33. The molecule has 3 N–H and O–H groups in total. The summed E-state index contributed by atoms with van der Waals surface area (Å²) in [4.78, 5) is 65.1. The van der Waals surface area contributed by atoms with Crippen LogP contribution in [0.4, 0.5) is 14.9 Å². The van der Waals surface area contributed by atoms with Gasteiger partial charge in [0.1, 0.15) is 40.7 Å². The van der Waals surface area contributed by atoms with Crippen LogP contribution in [0, 0.1) is 17.8 Å². The highest BCUT2D eigenvalue weighted by Crippen LogP contribution is 2.48. The molecular formula is C42H57FN6O9S. The zero-order valence-electron chi connectivity index (χ0n) is 34.5. The number of ether oxygens (including phenoxy) is 3. The lowest BCUT2D eigenvalue weighted by atomic mass is 9.88. The summed E-state index contributed by atoms with van der Waals surface area (Å²) >= 11 is 0. The number of alkyl halides is 1. The van der Waals surface area contributed by atoms with Crippen LogP contribution in [0.15, 0.2) is 42.6 Å². The number of pyridine rings is 1. The third kappa shape index (κ3) is 9.01. The SMILES string of the molecule is C[C@H]1CC/C=C\[C@@H]2C[C@@]2(C(=O)NS(=O)(=O)C2(CF)CC2)NC(=O)[C@@H]2C[C@@H](Oc3ncc(N4CCOCC4)c4ccccc34)CN2C(=O)[C@@H](NC(=O)OC(C)(C)C)[C@H](C)C1. The second-order valence-electron chi connectivity index (χ2n) is 18.0. The van der Waals surface area contributed by atoms with Crippen LogP contribution >= 0.6 is 0 Å². The molecule has 2 saturated carbocycles. The Hall–Kier alpha value is -4.51. The van der Waals surface area contributed by atoms with Gasteiger partial charge in [-0.3, -0.25) is 19.1 Å². The highest BCUT2D eigenvalue weighted by atomic mass is 32.2. The predicted molar refractivity (Wildman–Crippen MR) is 218 cm³/mol. The van der Waals surface area contributed by atoms with Crippen LogP contribution in [0.3, 0.4) is 0 Å². The fourth-order valence-corrected chi connectivity index (χ4v) is 10.1. The number of benzene rings is 1. The van der Waals surface area contributed by atoms with Crippen molar-refractivity contribution in [3.8, 4) is 5.88 Å². The number of rotatable bonds is 8. The Labute approximate surface area is 345 Å². The molecule has 2 aliphatic carbocycles. The molecule has 1 aromatic heterocycles. The number of sulfonamides is 1. The average molecular weight is 841 g/mol. The molecule has 2 aromatic rings. The second-order valence-corrected chi connectivity index (χ2v) is 20.1. The zero-order chi connectivity index (χ0) is 42.3. The summed E-state index contributed by atoms with van der Waals surface area (Å²) < 4.78 is 58.5. The van der Waals surface area contributed by atoms with E-state index in [2.05, 4.69) is 27.2 Å². The average Bonchev–Trinajstić information content (AvgIpc) is 4.09. The predicted octanol–water partition coefficient (Wildman–Crippen LogP) is 4.15. The molecule has 4 heterocycles. The fourth-order valence-electron chi connectivity index (χ4n) is 8.65. The van der Waals surface area contributed by atoms with Crippen LogP contribution in [0.25, 0.3) is 10.8 Å². The number of carbonyl (C=O) groups is 4. The van der Waals surface area contributed by atoms with Crippen molar-refractivity contribution >= 4 is 50.3 Å². The highest BCUT2D eigenvalue weighted by molar-refractivity contribution is 7.91. The fraction of sp³-hybridized carbons (Fsp3) is 0.643. The van der Waals surface area contributed by atoms with Crippen LogP contribution in [0.2, 0.25) is 0 Å². The van der Waals surface area contributed by atoms with Gasteiger partial charge in [-0.1, -0.05) is 44.2 Å². The summed E-state index contributed by atoms with van der Waals surface area (Å²) in [5.74, 6) is -2.64. The Morgan fingerprint density at radius 1 is 1.08 bits per heavy atom. The smallest absolute Gasteiger partial charge is 0.408 e. The maximum absolute atomic E-state index is 14.9. The Kier molecular flexibility index (Phi) is 11.9. The van der Waals surface area contributed by atoms with E-state index in [1.54, 1.807) is 27.0 Å². The van der Waals surface area contributed by atoms with Gasteiger partial charge in [0, 0.05) is 36.2 Å². The van der Waals surface area contributed by atoms with Crippen molar-refractivity contribution in [2.45, 2.75) is 114 Å². The van der Waals surface area contributed by atoms with E-state index < -0.39 is 80.5 Å². The standard InChI is InChI=1S/C42H57FN6O9S/c1-26-10-6-7-11-28-22-42(28,38(52)47-59(54,55)41(25-43)14-15-41)46-35(50)32-21-29(24-49(32)37(51)34(27(2)20-26)45-39(53)58-40(3,4)5)57-36-31-13-9-8-12-30(31)33(23-44-36)48-16-18-56-19-17-48/h7-9,11-13,23,26-29,32,34H,6,10,14-22,24-25H2,1-5H3,(H,45,53)(H,46,50)(H,47,52)/b11-7-/t26-,27+,28+,29+,32-,34-,42+/m0/s1. The topological polar surface area (TPSA) is 186 Å². The molecule has 2 saturated heterocycles. The van der Waals surface area contributed by atoms with Gasteiger partial charge in [0.15, 0.2) is 0 Å². The number of amides is 4. The van der Waals surface area contributed by atoms with Gasteiger partial charge in [-0.2, -0.15) is 0 Å². The van der Waals surface area contributed by atoms with Crippen LogP contribution in [0.5, 0.6) is 5.88 Å². The Balaban J connectivity index is 1.22. The molecule has 4 fully saturated rings. The number of alkyl carbamates (subject to hydrolysis) is 1. The minimum absolute atomic E-state index is 0.00417. The van der Waals surface area contributed by atoms with Crippen LogP contribution < -0.4 is 25.0 Å². The lowest BCUT2D eigenvalue weighted by Gasteiger charge is -2.33. The van der Waals surface area contributed by atoms with Crippen LogP contribution in [-0.4, -0.2) is 116 Å². The van der Waals surface area contributed by atoms with Crippen molar-refractivity contribution in [3.63, 3.8) is 0 Å². The lowest BCUT2D eigenvalue weighted by Crippen LogP contribution is -2.59. The normalized spacial score (nSPS) is 30.5. The second kappa shape index (κ2) is 16.5. The molecule has 1 aromatic carbocycles. The number of fused-ring (bicyclic) bond motifs is 3. The summed E-state index contributed by atoms with van der Waals surface area (Å²) in [6, 6.07) is 5.45. The first-order valence-corrected chi connectivity index (χ1v) is 22.2. The number of anilines is 1. The first-order valence-electron chi connectivity index (χ1n) is 20.7. The van der Waals surface area contributed by atoms with E-state index in [1.165, 1.54) is 4.90 Å². The molecular weight excluding hydrogens is 784 g/mol. The van der Waals surface area contributed by atoms with E-state index in [4.69, 9.17) is 19.2 Å². The minimum atomic E-state index is -4.39. The van der Waals surface area contributed by atoms with Crippen LogP contribution in [0.1, 0.15) is 79.6 Å². The molecule has 0 unspecified atom stereocenters. The van der Waals surface area contributed by atoms with E-state index in [-0.39, 0.29) is 44.1 Å². The van der Waals surface area contributed by atoms with Gasteiger partial charge in [-0.25, -0.2) is 22.6 Å². The van der Waals surface area contributed by atoms with E-state index in [0.717, 1.165) is 22.9 Å². The molecule has 7 atom stereocenters. The van der Waals surface area contributed by atoms with E-state index in [9.17, 15) is 32.0 Å². The van der Waals surface area contributed by atoms with Gasteiger partial charge in [0.25, 0.3) is 5.91 Å². The number of hydrogen-bond acceptors (Lipinski definition) is 11. The van der Waals surface area contributed by atoms with E-state index in [0.29, 0.717) is 45.0 Å². The largest absolute Gasteiger partial charge is 0.472 e. The number of aromatic nitrogens is 1. The summed E-state index contributed by atoms with van der Waals surface area (Å²) in [5.41, 5.74) is -1.56. The van der Waals surface area contributed by atoms with Gasteiger partial charge in [0.05, 0.1) is 31.6 Å². The zero-order valence-corrected chi connectivity index (χ0v) is 35.3. The number of morpholine rings is 1. The molecule has 5 aliphatic rings. The first kappa shape index (κ1) is 42.6. The molecule has 322 valence electrons. The molecule has 15 nitrogen and oxygen atoms in total. The number of nitrogens with one attached hydrogen (secondary N) is 3. The van der Waals surface area contributed by atoms with Gasteiger partial charge in [-0.05, 0) is 77.2 Å². The van der Waals surface area contributed by atoms with Crippen molar-refractivity contribution in [2.24, 2.45) is 17.8 Å². The molecule has 4 amide bonds. The molecule has 0 spiro atoms. The monoisotopic (exact) mass is 840 g/mol. The summed E-state index contributed by atoms with van der Waals surface area (Å²) in [7, 11) is -4.39. The Bertz CT molecular complexity index is 2080. The van der Waals surface area contributed by atoms with Crippen LogP contribution in [-0.2, 0) is 33.9 Å². The first-order chi connectivity index (χ1) is 28.0. The van der Waals surface area contributed by atoms with E-state index >= 15 is 0 Å². The molecule has 3 aliphatic heterocycles. The van der Waals surface area contributed by atoms with Gasteiger partial charge in [0.2, 0.25) is 27.7 Å². The minimum Gasteiger partial charge on any atom is -0.472 e. The van der Waals surface area contributed by atoms with Gasteiger partial charge in [-0.15, -0.1) is 0 Å². The number of allylic oxidation sites excluding steroid dienone is 1. The van der Waals surface area contributed by atoms with Crippen molar-refractivity contribution in [1.29, 1.82) is 0 Å². The molecule has 0 radical (unpaired) electrons. The molecule has 59 heavy (non-hydrogen) atoms. The molecule has 7 rings (SSSR count). The summed E-state index contributed by atoms with van der Waals surface area (Å²) in [6.07, 6.45) is 6.19. The van der Waals surface area contributed by atoms with Crippen molar-refractivity contribution in [3.05, 3.63) is 42.6 Å². The quantitative estimate of drug-likeness (QED) is 0.325. The van der Waals surface area contributed by atoms with Gasteiger partial charge < -0.3 is 34.6 Å². The molecule has 0 bridgehead atoms. The number of nitrogens with zero attached hydrogens (tertiary/aromatic N) is 3. The Morgan fingerprint density at radius 3 is 2.47 bits per heavy atom. The third-order valence-corrected chi connectivity index (χ3v) is 14.4. The third-order valence-electron chi connectivity index (χ3n) is 12.3.